The second-order valence-corrected chi connectivity index (χ2v) is 4.98. The Morgan fingerprint density at radius 2 is 1.86 bits per heavy atom. The Balaban J connectivity index is 0.000000293. The maximum absolute atomic E-state index is 3.61. The van der Waals surface area contributed by atoms with Crippen LogP contribution in [0, 0.1) is 0 Å². The van der Waals surface area contributed by atoms with Crippen LogP contribution in [0.2, 0.25) is 0 Å². The Labute approximate surface area is 89.1 Å². The van der Waals surface area contributed by atoms with Crippen LogP contribution in [0.15, 0.2) is 0 Å². The standard InChI is InChI=1S/C9H18N2.C3H8/c1-8(2)11-6-5-10-9(7-11)3-4-9;1-3-2/h8,10H,3-7H2,1-2H3;3H2,1-2H3. The second kappa shape index (κ2) is 5.13. The molecule has 14 heavy (non-hydrogen) atoms. The molecule has 1 aliphatic heterocycles. The van der Waals surface area contributed by atoms with Crippen LogP contribution in [-0.4, -0.2) is 36.1 Å². The molecule has 0 aromatic rings. The largest absolute Gasteiger partial charge is 0.309 e. The van der Waals surface area contributed by atoms with Crippen molar-refractivity contribution >= 4 is 0 Å². The molecule has 2 nitrogen and oxygen atoms in total. The van der Waals surface area contributed by atoms with Gasteiger partial charge in [0, 0.05) is 31.2 Å². The van der Waals surface area contributed by atoms with Gasteiger partial charge in [0.05, 0.1) is 0 Å². The molecule has 0 amide bonds. The fourth-order valence-electron chi connectivity index (χ4n) is 1.91. The SMILES string of the molecule is CC(C)N1CCNC2(CC2)C1.CCC. The van der Waals surface area contributed by atoms with Crippen molar-refractivity contribution in [1.82, 2.24) is 10.2 Å². The van der Waals surface area contributed by atoms with Crippen LogP contribution in [0.3, 0.4) is 0 Å². The average molecular weight is 198 g/mol. The van der Waals surface area contributed by atoms with E-state index in [-0.39, 0.29) is 0 Å². The molecule has 0 unspecified atom stereocenters. The van der Waals surface area contributed by atoms with Crippen LogP contribution in [0.1, 0.15) is 47.0 Å². The van der Waals surface area contributed by atoms with Gasteiger partial charge in [-0.3, -0.25) is 4.90 Å². The van der Waals surface area contributed by atoms with Crippen LogP contribution in [0.25, 0.3) is 0 Å². The summed E-state index contributed by atoms with van der Waals surface area (Å²) in [5.41, 5.74) is 0.558. The Morgan fingerprint density at radius 1 is 1.29 bits per heavy atom. The highest BCUT2D eigenvalue weighted by atomic mass is 15.3. The molecule has 1 heterocycles. The van der Waals surface area contributed by atoms with Gasteiger partial charge < -0.3 is 5.32 Å². The molecular formula is C12H26N2. The first-order chi connectivity index (χ1) is 6.63. The predicted molar refractivity (Wildman–Crippen MR) is 62.6 cm³/mol. The van der Waals surface area contributed by atoms with Gasteiger partial charge in [0.2, 0.25) is 0 Å². The quantitative estimate of drug-likeness (QED) is 0.695. The Bertz CT molecular complexity index is 162. The molecule has 1 N–H and O–H groups in total. The second-order valence-electron chi connectivity index (χ2n) is 4.98. The van der Waals surface area contributed by atoms with Gasteiger partial charge in [0.15, 0.2) is 0 Å². The monoisotopic (exact) mass is 198 g/mol. The lowest BCUT2D eigenvalue weighted by Gasteiger charge is -2.36. The maximum atomic E-state index is 3.61. The van der Waals surface area contributed by atoms with Gasteiger partial charge in [0.25, 0.3) is 0 Å². The van der Waals surface area contributed by atoms with Crippen molar-refractivity contribution in [2.75, 3.05) is 19.6 Å². The fourth-order valence-corrected chi connectivity index (χ4v) is 1.91. The predicted octanol–water partition coefficient (Wildman–Crippen LogP) is 2.25. The summed E-state index contributed by atoms with van der Waals surface area (Å²) < 4.78 is 0. The fraction of sp³-hybridized carbons (Fsp3) is 1.00. The highest BCUT2D eigenvalue weighted by molar-refractivity contribution is 5.06. The lowest BCUT2D eigenvalue weighted by atomic mass is 10.1. The number of hydrogen-bond donors (Lipinski definition) is 1. The summed E-state index contributed by atoms with van der Waals surface area (Å²) in [6.07, 6.45) is 4.05. The van der Waals surface area contributed by atoms with Gasteiger partial charge in [0.1, 0.15) is 0 Å². The summed E-state index contributed by atoms with van der Waals surface area (Å²) in [6, 6.07) is 0.731. The van der Waals surface area contributed by atoms with Crippen LogP contribution in [-0.2, 0) is 0 Å². The molecule has 0 atom stereocenters. The Kier molecular flexibility index (Phi) is 4.39. The topological polar surface area (TPSA) is 15.3 Å². The van der Waals surface area contributed by atoms with Gasteiger partial charge in [-0.05, 0) is 26.7 Å². The number of piperazine rings is 1. The van der Waals surface area contributed by atoms with Crippen LogP contribution in [0.4, 0.5) is 0 Å². The third-order valence-electron chi connectivity index (χ3n) is 2.99. The van der Waals surface area contributed by atoms with E-state index in [0.717, 1.165) is 6.04 Å². The minimum Gasteiger partial charge on any atom is -0.309 e. The van der Waals surface area contributed by atoms with Crippen molar-refractivity contribution in [2.45, 2.75) is 58.5 Å². The van der Waals surface area contributed by atoms with Gasteiger partial charge in [-0.15, -0.1) is 0 Å². The van der Waals surface area contributed by atoms with E-state index in [1.54, 1.807) is 0 Å². The van der Waals surface area contributed by atoms with E-state index in [9.17, 15) is 0 Å². The first-order valence-corrected chi connectivity index (χ1v) is 6.12. The third kappa shape index (κ3) is 3.25. The molecule has 1 saturated heterocycles. The molecule has 0 bridgehead atoms. The first kappa shape index (κ1) is 12.0. The maximum Gasteiger partial charge on any atom is 0.0310 e. The van der Waals surface area contributed by atoms with Crippen molar-refractivity contribution in [3.8, 4) is 0 Å². The van der Waals surface area contributed by atoms with Gasteiger partial charge in [-0.1, -0.05) is 20.3 Å². The number of nitrogens with zero attached hydrogens (tertiary/aromatic N) is 1. The zero-order valence-electron chi connectivity index (χ0n) is 10.3. The van der Waals surface area contributed by atoms with Crippen molar-refractivity contribution < 1.29 is 0 Å². The first-order valence-electron chi connectivity index (χ1n) is 6.12. The van der Waals surface area contributed by atoms with E-state index in [0.29, 0.717) is 5.54 Å². The van der Waals surface area contributed by atoms with Crippen LogP contribution >= 0.6 is 0 Å². The summed E-state index contributed by atoms with van der Waals surface area (Å²) in [5.74, 6) is 0. The molecule has 0 aromatic heterocycles. The number of rotatable bonds is 1. The van der Waals surface area contributed by atoms with Crippen molar-refractivity contribution in [1.29, 1.82) is 0 Å². The Morgan fingerprint density at radius 3 is 2.29 bits per heavy atom. The molecule has 2 heteroatoms. The van der Waals surface area contributed by atoms with Crippen molar-refractivity contribution in [3.05, 3.63) is 0 Å². The summed E-state index contributed by atoms with van der Waals surface area (Å²) >= 11 is 0. The van der Waals surface area contributed by atoms with E-state index in [4.69, 9.17) is 0 Å². The molecule has 84 valence electrons. The molecule has 0 radical (unpaired) electrons. The lowest BCUT2D eigenvalue weighted by Crippen LogP contribution is -2.54. The van der Waals surface area contributed by atoms with E-state index in [2.05, 4.69) is 37.9 Å². The minimum absolute atomic E-state index is 0.558. The summed E-state index contributed by atoms with van der Waals surface area (Å²) in [5, 5.41) is 3.61. The van der Waals surface area contributed by atoms with E-state index < -0.39 is 0 Å². The molecule has 2 aliphatic rings. The van der Waals surface area contributed by atoms with E-state index in [1.807, 2.05) is 0 Å². The molecule has 0 aromatic carbocycles. The van der Waals surface area contributed by atoms with Gasteiger partial charge in [-0.25, -0.2) is 0 Å². The molecular weight excluding hydrogens is 172 g/mol. The van der Waals surface area contributed by atoms with E-state index >= 15 is 0 Å². The van der Waals surface area contributed by atoms with Gasteiger partial charge in [-0.2, -0.15) is 0 Å². The molecule has 1 saturated carbocycles. The van der Waals surface area contributed by atoms with E-state index in [1.165, 1.54) is 38.9 Å². The van der Waals surface area contributed by atoms with Crippen molar-refractivity contribution in [3.63, 3.8) is 0 Å². The zero-order valence-corrected chi connectivity index (χ0v) is 10.3. The Hall–Kier alpha value is -0.0800. The molecule has 2 fully saturated rings. The normalized spacial score (nSPS) is 24.6. The molecule has 1 aliphatic carbocycles. The highest BCUT2D eigenvalue weighted by Crippen LogP contribution is 2.37. The summed E-state index contributed by atoms with van der Waals surface area (Å²) in [6.45, 7) is 12.5. The minimum atomic E-state index is 0.558. The van der Waals surface area contributed by atoms with Crippen LogP contribution in [0.5, 0.6) is 0 Å². The highest BCUT2D eigenvalue weighted by Gasteiger charge is 2.45. The zero-order chi connectivity index (χ0) is 10.6. The van der Waals surface area contributed by atoms with Crippen molar-refractivity contribution in [2.24, 2.45) is 0 Å². The smallest absolute Gasteiger partial charge is 0.0310 e. The third-order valence-corrected chi connectivity index (χ3v) is 2.99. The molecule has 2 rings (SSSR count). The van der Waals surface area contributed by atoms with Crippen LogP contribution < -0.4 is 5.32 Å². The molecule has 1 spiro atoms. The number of hydrogen-bond acceptors (Lipinski definition) is 2. The van der Waals surface area contributed by atoms with Gasteiger partial charge >= 0.3 is 0 Å². The summed E-state index contributed by atoms with van der Waals surface area (Å²) in [4.78, 5) is 2.59. The average Bonchev–Trinajstić information content (AvgIpc) is 2.86. The lowest BCUT2D eigenvalue weighted by molar-refractivity contribution is 0.153. The number of nitrogens with one attached hydrogen (secondary N) is 1. The summed E-state index contributed by atoms with van der Waals surface area (Å²) in [7, 11) is 0.